The van der Waals surface area contributed by atoms with Crippen LogP contribution in [0, 0.1) is 0 Å². The number of nitrogens with one attached hydrogen (secondary N) is 2. The Balaban J connectivity index is 1.88. The van der Waals surface area contributed by atoms with Gasteiger partial charge >= 0.3 is 6.03 Å². The van der Waals surface area contributed by atoms with Crippen molar-refractivity contribution in [2.75, 3.05) is 31.8 Å². The Kier molecular flexibility index (Phi) is 5.25. The van der Waals surface area contributed by atoms with Crippen molar-refractivity contribution in [3.8, 4) is 5.75 Å². The summed E-state index contributed by atoms with van der Waals surface area (Å²) in [6.07, 6.45) is 2.69. The number of carbonyl (C=O) groups excluding carboxylic acids is 1. The molecule has 22 heavy (non-hydrogen) atoms. The zero-order valence-corrected chi connectivity index (χ0v) is 13.5. The Morgan fingerprint density at radius 1 is 1.32 bits per heavy atom. The Morgan fingerprint density at radius 2 is 2.00 bits per heavy atom. The molecule has 1 aromatic rings. The average molecular weight is 327 g/mol. The van der Waals surface area contributed by atoms with Gasteiger partial charge in [-0.1, -0.05) is 0 Å². The Labute approximate surface area is 130 Å². The summed E-state index contributed by atoms with van der Waals surface area (Å²) in [6, 6.07) is 6.46. The van der Waals surface area contributed by atoms with Gasteiger partial charge in [-0.3, -0.25) is 0 Å². The number of hydrogen-bond acceptors (Lipinski definition) is 4. The first-order valence-corrected chi connectivity index (χ1v) is 8.90. The van der Waals surface area contributed by atoms with Gasteiger partial charge in [-0.25, -0.2) is 17.5 Å². The lowest BCUT2D eigenvalue weighted by molar-refractivity contribution is 0.236. The number of ether oxygens (including phenoxy) is 1. The second kappa shape index (κ2) is 6.97. The topological polar surface area (TPSA) is 87.7 Å². The summed E-state index contributed by atoms with van der Waals surface area (Å²) in [5.41, 5.74) is 0.647. The van der Waals surface area contributed by atoms with Crippen LogP contribution < -0.4 is 15.4 Å². The van der Waals surface area contributed by atoms with Crippen LogP contribution in [0.3, 0.4) is 0 Å². The molecule has 0 bridgehead atoms. The molecule has 1 saturated heterocycles. The number of amides is 2. The van der Waals surface area contributed by atoms with E-state index in [0.29, 0.717) is 24.5 Å². The van der Waals surface area contributed by atoms with Crippen LogP contribution >= 0.6 is 0 Å². The fourth-order valence-electron chi connectivity index (χ4n) is 2.39. The Morgan fingerprint density at radius 3 is 2.59 bits per heavy atom. The molecular weight excluding hydrogens is 306 g/mol. The highest BCUT2D eigenvalue weighted by Gasteiger charge is 2.26. The minimum absolute atomic E-state index is 0.179. The molecule has 1 fully saturated rings. The number of urea groups is 1. The molecule has 2 amide bonds. The van der Waals surface area contributed by atoms with Gasteiger partial charge in [0.2, 0.25) is 10.0 Å². The van der Waals surface area contributed by atoms with E-state index in [1.807, 2.05) is 0 Å². The number of methoxy groups -OCH3 is 1. The van der Waals surface area contributed by atoms with E-state index >= 15 is 0 Å². The molecule has 1 aliphatic rings. The molecule has 0 saturated carbocycles. The van der Waals surface area contributed by atoms with E-state index in [0.717, 1.165) is 12.8 Å². The number of sulfonamides is 1. The monoisotopic (exact) mass is 327 g/mol. The molecule has 0 aromatic heterocycles. The van der Waals surface area contributed by atoms with Crippen LogP contribution in [0.2, 0.25) is 0 Å². The summed E-state index contributed by atoms with van der Waals surface area (Å²) < 4.78 is 29.6. The van der Waals surface area contributed by atoms with Crippen LogP contribution in [-0.2, 0) is 10.0 Å². The third-order valence-corrected chi connectivity index (χ3v) is 4.81. The summed E-state index contributed by atoms with van der Waals surface area (Å²) in [5, 5.41) is 5.53. The molecule has 8 heteroatoms. The maximum atomic E-state index is 12.0. The van der Waals surface area contributed by atoms with Crippen LogP contribution in [0.15, 0.2) is 24.3 Å². The van der Waals surface area contributed by atoms with Crippen LogP contribution in [0.1, 0.15) is 12.8 Å². The number of nitrogens with zero attached hydrogens (tertiary/aromatic N) is 1. The summed E-state index contributed by atoms with van der Waals surface area (Å²) in [7, 11) is -1.64. The van der Waals surface area contributed by atoms with Gasteiger partial charge in [0.1, 0.15) is 5.75 Å². The molecule has 1 unspecified atom stereocenters. The van der Waals surface area contributed by atoms with E-state index in [9.17, 15) is 13.2 Å². The van der Waals surface area contributed by atoms with Gasteiger partial charge in [0.25, 0.3) is 0 Å². The number of piperidine rings is 1. The van der Waals surface area contributed by atoms with Gasteiger partial charge in [-0.05, 0) is 37.1 Å². The first-order valence-electron chi connectivity index (χ1n) is 7.05. The largest absolute Gasteiger partial charge is 0.497 e. The Bertz CT molecular complexity index is 615. The quantitative estimate of drug-likeness (QED) is 0.871. The first kappa shape index (κ1) is 16.6. The predicted octanol–water partition coefficient (Wildman–Crippen LogP) is 1.24. The van der Waals surface area contributed by atoms with Crippen LogP contribution in [0.25, 0.3) is 0 Å². The van der Waals surface area contributed by atoms with Gasteiger partial charge < -0.3 is 15.4 Å². The number of hydrogen-bond donors (Lipinski definition) is 2. The minimum atomic E-state index is -3.21. The van der Waals surface area contributed by atoms with Crippen molar-refractivity contribution in [3.05, 3.63) is 24.3 Å². The smallest absolute Gasteiger partial charge is 0.319 e. The highest BCUT2D eigenvalue weighted by molar-refractivity contribution is 7.88. The van der Waals surface area contributed by atoms with Gasteiger partial charge in [-0.15, -0.1) is 0 Å². The Hall–Kier alpha value is -1.80. The number of carbonyl (C=O) groups is 1. The lowest BCUT2D eigenvalue weighted by Crippen LogP contribution is -2.50. The second-order valence-corrected chi connectivity index (χ2v) is 7.27. The molecular formula is C14H21N3O4S. The fraction of sp³-hybridized carbons (Fsp3) is 0.500. The lowest BCUT2D eigenvalue weighted by atomic mass is 10.1. The molecule has 0 aliphatic carbocycles. The van der Waals surface area contributed by atoms with Crippen molar-refractivity contribution in [2.24, 2.45) is 0 Å². The molecule has 2 N–H and O–H groups in total. The predicted molar refractivity (Wildman–Crippen MR) is 84.6 cm³/mol. The molecule has 1 heterocycles. The minimum Gasteiger partial charge on any atom is -0.497 e. The fourth-order valence-corrected chi connectivity index (χ4v) is 3.30. The first-order chi connectivity index (χ1) is 10.4. The summed E-state index contributed by atoms with van der Waals surface area (Å²) in [6.45, 7) is 0.825. The summed E-state index contributed by atoms with van der Waals surface area (Å²) in [5.74, 6) is 0.710. The second-order valence-electron chi connectivity index (χ2n) is 5.29. The zero-order chi connectivity index (χ0) is 16.2. The lowest BCUT2D eigenvalue weighted by Gasteiger charge is -2.31. The normalized spacial score (nSPS) is 19.5. The van der Waals surface area contributed by atoms with Crippen molar-refractivity contribution >= 4 is 21.7 Å². The van der Waals surface area contributed by atoms with Crippen LogP contribution in [-0.4, -0.2) is 51.3 Å². The van der Waals surface area contributed by atoms with Crippen LogP contribution in [0.4, 0.5) is 10.5 Å². The van der Waals surface area contributed by atoms with Gasteiger partial charge in [-0.2, -0.15) is 0 Å². The van der Waals surface area contributed by atoms with E-state index in [4.69, 9.17) is 4.74 Å². The number of benzene rings is 1. The molecule has 0 spiro atoms. The van der Waals surface area contributed by atoms with E-state index in [1.165, 1.54) is 10.6 Å². The molecule has 1 aromatic carbocycles. The standard InChI is InChI=1S/C14H21N3O4S/c1-21-13-7-5-11(6-8-13)15-14(18)16-12-4-3-9-17(10-12)22(2,19)20/h5-8,12H,3-4,9-10H2,1-2H3,(H2,15,16,18). The van der Waals surface area contributed by atoms with Crippen molar-refractivity contribution in [1.82, 2.24) is 9.62 Å². The van der Waals surface area contributed by atoms with Gasteiger partial charge in [0.15, 0.2) is 0 Å². The van der Waals surface area contributed by atoms with E-state index in [-0.39, 0.29) is 12.1 Å². The van der Waals surface area contributed by atoms with Crippen molar-refractivity contribution in [3.63, 3.8) is 0 Å². The molecule has 1 atom stereocenters. The SMILES string of the molecule is COc1ccc(NC(=O)NC2CCCN(S(C)(=O)=O)C2)cc1. The third kappa shape index (κ3) is 4.60. The summed E-state index contributed by atoms with van der Waals surface area (Å²) >= 11 is 0. The van der Waals surface area contributed by atoms with Gasteiger partial charge in [0.05, 0.1) is 13.4 Å². The molecule has 1 aliphatic heterocycles. The van der Waals surface area contributed by atoms with Crippen molar-refractivity contribution in [1.29, 1.82) is 0 Å². The molecule has 0 radical (unpaired) electrons. The van der Waals surface area contributed by atoms with E-state index in [2.05, 4.69) is 10.6 Å². The van der Waals surface area contributed by atoms with E-state index < -0.39 is 10.0 Å². The highest BCUT2D eigenvalue weighted by atomic mass is 32.2. The third-order valence-electron chi connectivity index (χ3n) is 3.54. The highest BCUT2D eigenvalue weighted by Crippen LogP contribution is 2.16. The number of anilines is 1. The molecule has 7 nitrogen and oxygen atoms in total. The average Bonchev–Trinajstić information content (AvgIpc) is 2.47. The summed E-state index contributed by atoms with van der Waals surface area (Å²) in [4.78, 5) is 12.0. The van der Waals surface area contributed by atoms with Crippen LogP contribution in [0.5, 0.6) is 5.75 Å². The maximum absolute atomic E-state index is 12.0. The number of rotatable bonds is 4. The van der Waals surface area contributed by atoms with Crippen molar-refractivity contribution in [2.45, 2.75) is 18.9 Å². The molecule has 122 valence electrons. The zero-order valence-electron chi connectivity index (χ0n) is 12.7. The maximum Gasteiger partial charge on any atom is 0.319 e. The van der Waals surface area contributed by atoms with Gasteiger partial charge in [0, 0.05) is 24.8 Å². The molecule has 2 rings (SSSR count). The van der Waals surface area contributed by atoms with Crippen molar-refractivity contribution < 1.29 is 17.9 Å². The van der Waals surface area contributed by atoms with E-state index in [1.54, 1.807) is 31.4 Å².